The number of anilines is 2. The molecule has 0 aliphatic carbocycles. The van der Waals surface area contributed by atoms with E-state index in [1.54, 1.807) is 48.5 Å². The smallest absolute Gasteiger partial charge is 0.307 e. The molecule has 6 aromatic carbocycles. The fraction of sp³-hybridized carbons (Fsp3) is 0.382. The van der Waals surface area contributed by atoms with Gasteiger partial charge in [-0.05, 0) is 123 Å². The molecule has 472 valence electrons. The largest absolute Gasteiger partial charge is 0.487 e. The summed E-state index contributed by atoms with van der Waals surface area (Å²) in [5, 5.41) is 23.5. The number of rotatable bonds is 12. The highest BCUT2D eigenvalue weighted by atomic mass is 16.6. The molecular weight excluding hydrogens is 1160 g/mol. The van der Waals surface area contributed by atoms with Crippen LogP contribution in [-0.2, 0) is 62.1 Å². The van der Waals surface area contributed by atoms with Crippen molar-refractivity contribution in [1.82, 2.24) is 0 Å². The zero-order valence-electron chi connectivity index (χ0n) is 50.7. The summed E-state index contributed by atoms with van der Waals surface area (Å²) < 4.78 is 73.1. The van der Waals surface area contributed by atoms with Crippen LogP contribution >= 0.6 is 0 Å². The van der Waals surface area contributed by atoms with Crippen molar-refractivity contribution < 1.29 is 76.3 Å². The average molecular weight is 1230 g/mol. The minimum absolute atomic E-state index is 0.0184. The summed E-state index contributed by atoms with van der Waals surface area (Å²) in [5.74, 6) is 1.69. The molecule has 2 unspecified atom stereocenters. The zero-order chi connectivity index (χ0) is 62.9. The van der Waals surface area contributed by atoms with E-state index in [0.29, 0.717) is 58.8 Å². The van der Waals surface area contributed by atoms with Gasteiger partial charge in [0.15, 0.2) is 23.0 Å². The number of hydrogen-bond acceptors (Lipinski definition) is 20. The number of nitro benzene ring substituents is 2. The van der Waals surface area contributed by atoms with Crippen molar-refractivity contribution in [3.05, 3.63) is 187 Å². The second kappa shape index (κ2) is 27.3. The number of carbonyl (C=O) groups excluding carboxylic acids is 2. The van der Waals surface area contributed by atoms with Crippen LogP contribution in [0, 0.1) is 20.2 Å². The molecule has 2 atom stereocenters. The third-order valence-electron chi connectivity index (χ3n) is 16.8. The normalized spacial score (nSPS) is 20.3. The van der Waals surface area contributed by atoms with Gasteiger partial charge in [0.2, 0.25) is 11.4 Å². The van der Waals surface area contributed by atoms with Crippen LogP contribution in [0.1, 0.15) is 73.9 Å². The maximum atomic E-state index is 13.6. The number of non-ortho nitro benzene ring substituents is 2. The number of para-hydroxylation sites is 2. The number of hydrogen-bond donors (Lipinski definition) is 0. The molecule has 11 rings (SSSR count). The summed E-state index contributed by atoms with van der Waals surface area (Å²) >= 11 is 0. The third-order valence-corrected chi connectivity index (χ3v) is 16.8. The molecule has 0 saturated carbocycles. The molecule has 0 amide bonds. The van der Waals surface area contributed by atoms with E-state index in [4.69, 9.17) is 56.8 Å². The lowest BCUT2D eigenvalue weighted by atomic mass is 9.76. The fourth-order valence-electron chi connectivity index (χ4n) is 12.1. The quantitative estimate of drug-likeness (QED) is 0.0629. The lowest BCUT2D eigenvalue weighted by Gasteiger charge is -2.47. The van der Waals surface area contributed by atoms with Crippen molar-refractivity contribution in [2.24, 2.45) is 0 Å². The topological polar surface area (TPSA) is 238 Å². The van der Waals surface area contributed by atoms with E-state index < -0.39 is 44.1 Å². The van der Waals surface area contributed by atoms with Gasteiger partial charge >= 0.3 is 11.9 Å². The second-order valence-electron chi connectivity index (χ2n) is 23.0. The number of carbonyl (C=O) groups is 2. The number of esters is 2. The van der Waals surface area contributed by atoms with Gasteiger partial charge in [-0.2, -0.15) is 0 Å². The molecule has 0 radical (unpaired) electrons. The lowest BCUT2D eigenvalue weighted by Crippen LogP contribution is -2.60. The van der Waals surface area contributed by atoms with Crippen molar-refractivity contribution in [2.75, 3.05) is 102 Å². The number of fused-ring (bicyclic) bond motifs is 6. The molecule has 0 aromatic heterocycles. The van der Waals surface area contributed by atoms with E-state index in [1.807, 2.05) is 82.6 Å². The Morgan fingerprint density at radius 2 is 0.822 bits per heavy atom. The van der Waals surface area contributed by atoms with Gasteiger partial charge in [0.1, 0.15) is 51.1 Å². The summed E-state index contributed by atoms with van der Waals surface area (Å²) in [7, 11) is 0. The highest BCUT2D eigenvalue weighted by Gasteiger charge is 2.60. The standard InChI is InChI=1S/C68H72N4O18/c1-65(2)53-9-5-7-11-55(53)69(67(65)25-21-49-15-17-51(71(75)76)43-59(49)89-67)27-23-63(73)87-45-47-13-19-57-61(41-47)85-39-35-81-31-32-82-36-40-86-62-42-48(14-20-58(62)84-38-34-80-30-29-79-33-37-83-57)46-88-64(74)24-28-70-56-12-8-6-10-54(56)66(3,4)68(70)26-22-50-16-18-52(72(77)78)44-60(50)90-68/h5-22,25-26,41-44H,23-24,27-40,45-46H2,1-4H3. The Hall–Kier alpha value is -9.22. The Balaban J connectivity index is 0.655. The molecule has 5 heterocycles. The van der Waals surface area contributed by atoms with Gasteiger partial charge in [-0.15, -0.1) is 0 Å². The van der Waals surface area contributed by atoms with Crippen LogP contribution in [0.3, 0.4) is 0 Å². The summed E-state index contributed by atoms with van der Waals surface area (Å²) in [5.41, 5.74) is 3.00. The van der Waals surface area contributed by atoms with Crippen LogP contribution in [0.2, 0.25) is 0 Å². The molecule has 5 aliphatic heterocycles. The van der Waals surface area contributed by atoms with Gasteiger partial charge in [-0.3, -0.25) is 29.8 Å². The van der Waals surface area contributed by atoms with E-state index in [0.717, 1.165) is 33.6 Å². The molecule has 0 fully saturated rings. The summed E-state index contributed by atoms with van der Waals surface area (Å²) in [6.07, 6.45) is 7.80. The van der Waals surface area contributed by atoms with Gasteiger partial charge in [0.25, 0.3) is 11.4 Å². The van der Waals surface area contributed by atoms with Crippen LogP contribution in [0.25, 0.3) is 12.2 Å². The van der Waals surface area contributed by atoms with E-state index >= 15 is 0 Å². The third kappa shape index (κ3) is 13.1. The van der Waals surface area contributed by atoms with Crippen molar-refractivity contribution in [3.63, 3.8) is 0 Å². The van der Waals surface area contributed by atoms with Crippen LogP contribution < -0.4 is 38.2 Å². The average Bonchev–Trinajstić information content (AvgIpc) is 1.54. The monoisotopic (exact) mass is 1230 g/mol. The maximum Gasteiger partial charge on any atom is 0.307 e. The Morgan fingerprint density at radius 1 is 0.456 bits per heavy atom. The SMILES string of the molecule is CC1(C)c2ccccc2N(CCC(=O)OCc2ccc3c(c2)OCCOCCOCCOc2cc(COC(=O)CCN4c5ccccc5C(C)(C)C45C=Cc4ccc([N+](=O)[O-])cc4O5)ccc2OCCOCCOCCO3)C12C=Cc1ccc([N+](=O)[O-])cc1O2. The highest BCUT2D eigenvalue weighted by Crippen LogP contribution is 2.57. The molecule has 90 heavy (non-hydrogen) atoms. The molecule has 0 saturated heterocycles. The lowest BCUT2D eigenvalue weighted by molar-refractivity contribution is -0.385. The maximum absolute atomic E-state index is 13.6. The second-order valence-corrected chi connectivity index (χ2v) is 23.0. The Labute approximate surface area is 520 Å². The van der Waals surface area contributed by atoms with Crippen LogP contribution in [-0.4, -0.2) is 126 Å². The van der Waals surface area contributed by atoms with Crippen LogP contribution in [0.5, 0.6) is 34.5 Å². The number of benzene rings is 6. The predicted octanol–water partition coefficient (Wildman–Crippen LogP) is 10.9. The molecule has 22 nitrogen and oxygen atoms in total. The van der Waals surface area contributed by atoms with Crippen LogP contribution in [0.15, 0.2) is 133 Å². The van der Waals surface area contributed by atoms with Gasteiger partial charge in [-0.1, -0.05) is 48.5 Å². The highest BCUT2D eigenvalue weighted by molar-refractivity contribution is 5.77. The number of nitrogens with zero attached hydrogens (tertiary/aromatic N) is 4. The van der Waals surface area contributed by atoms with E-state index in [1.165, 1.54) is 24.3 Å². The molecule has 0 bridgehead atoms. The van der Waals surface area contributed by atoms with Gasteiger partial charge in [0, 0.05) is 47.7 Å². The van der Waals surface area contributed by atoms with Crippen molar-refractivity contribution >= 4 is 46.8 Å². The van der Waals surface area contributed by atoms with Gasteiger partial charge < -0.3 is 66.6 Å². The zero-order valence-corrected chi connectivity index (χ0v) is 50.7. The van der Waals surface area contributed by atoms with Gasteiger partial charge in [0.05, 0.1) is 98.5 Å². The minimum atomic E-state index is -1.09. The fourth-order valence-corrected chi connectivity index (χ4v) is 12.1. The van der Waals surface area contributed by atoms with Crippen molar-refractivity contribution in [3.8, 4) is 34.5 Å². The number of ether oxygens (including phenoxy) is 12. The van der Waals surface area contributed by atoms with Gasteiger partial charge in [-0.25, -0.2) is 0 Å². The summed E-state index contributed by atoms with van der Waals surface area (Å²) in [6, 6.07) is 35.6. The summed E-state index contributed by atoms with van der Waals surface area (Å²) in [4.78, 5) is 53.8. The summed E-state index contributed by atoms with van der Waals surface area (Å²) in [6.45, 7) is 11.6. The van der Waals surface area contributed by atoms with Crippen LogP contribution in [0.4, 0.5) is 22.7 Å². The number of nitro groups is 2. The Bertz CT molecular complexity index is 3440. The predicted molar refractivity (Wildman–Crippen MR) is 332 cm³/mol. The van der Waals surface area contributed by atoms with Crippen molar-refractivity contribution in [2.45, 2.75) is 76.0 Å². The molecule has 6 aromatic rings. The molecular formula is C68H72N4O18. The first-order valence-corrected chi connectivity index (χ1v) is 30.0. The van der Waals surface area contributed by atoms with E-state index in [9.17, 15) is 29.8 Å². The molecule has 5 aliphatic rings. The first-order chi connectivity index (χ1) is 43.6. The van der Waals surface area contributed by atoms with E-state index in [2.05, 4.69) is 27.7 Å². The molecule has 2 spiro atoms. The Morgan fingerprint density at radius 3 is 1.21 bits per heavy atom. The van der Waals surface area contributed by atoms with E-state index in [-0.39, 0.29) is 117 Å². The molecule has 22 heteroatoms. The van der Waals surface area contributed by atoms with Crippen molar-refractivity contribution in [1.29, 1.82) is 0 Å². The first kappa shape index (κ1) is 62.4. The first-order valence-electron chi connectivity index (χ1n) is 30.0. The Kier molecular flexibility index (Phi) is 18.9. The molecule has 0 N–H and O–H groups in total. The minimum Gasteiger partial charge on any atom is -0.487 e.